The van der Waals surface area contributed by atoms with E-state index in [1.807, 2.05) is 48.5 Å². The Morgan fingerprint density at radius 3 is 2.59 bits per heavy atom. The van der Waals surface area contributed by atoms with Crippen molar-refractivity contribution in [3.05, 3.63) is 101 Å². The summed E-state index contributed by atoms with van der Waals surface area (Å²) in [6.07, 6.45) is 1.86. The Hall–Kier alpha value is -4.06. The van der Waals surface area contributed by atoms with E-state index in [2.05, 4.69) is 24.5 Å². The predicted molar refractivity (Wildman–Crippen MR) is 133 cm³/mol. The van der Waals surface area contributed by atoms with E-state index in [0.717, 1.165) is 34.6 Å². The van der Waals surface area contributed by atoms with Crippen LogP contribution in [0.2, 0.25) is 0 Å². The molecule has 1 aliphatic rings. The highest BCUT2D eigenvalue weighted by atomic mass is 16.5. The average Bonchev–Trinajstić information content (AvgIpc) is 2.82. The second-order valence-electron chi connectivity index (χ2n) is 8.90. The molecule has 3 aromatic rings. The summed E-state index contributed by atoms with van der Waals surface area (Å²) < 4.78 is 10.6. The van der Waals surface area contributed by atoms with Gasteiger partial charge < -0.3 is 14.8 Å². The van der Waals surface area contributed by atoms with E-state index < -0.39 is 6.09 Å². The van der Waals surface area contributed by atoms with E-state index in [1.54, 1.807) is 37.5 Å². The van der Waals surface area contributed by atoms with Crippen molar-refractivity contribution < 1.29 is 19.1 Å². The topological polar surface area (TPSA) is 76.7 Å². The molecule has 0 fully saturated rings. The van der Waals surface area contributed by atoms with E-state index in [1.165, 1.54) is 0 Å². The van der Waals surface area contributed by atoms with Gasteiger partial charge in [-0.3, -0.25) is 10.1 Å². The summed E-state index contributed by atoms with van der Waals surface area (Å²) in [6.45, 7) is 4.37. The lowest BCUT2D eigenvalue weighted by Gasteiger charge is -2.35. The van der Waals surface area contributed by atoms with Crippen LogP contribution in [0.25, 0.3) is 5.70 Å². The third kappa shape index (κ3) is 5.64. The van der Waals surface area contributed by atoms with Crippen LogP contribution in [-0.2, 0) is 17.8 Å². The van der Waals surface area contributed by atoms with Gasteiger partial charge in [-0.2, -0.15) is 0 Å². The van der Waals surface area contributed by atoms with Gasteiger partial charge in [0.15, 0.2) is 5.78 Å². The number of amides is 1. The summed E-state index contributed by atoms with van der Waals surface area (Å²) in [5.41, 5.74) is 4.50. The van der Waals surface area contributed by atoms with Gasteiger partial charge in [-0.25, -0.2) is 4.79 Å². The molecule has 0 spiro atoms. The lowest BCUT2D eigenvalue weighted by molar-refractivity contribution is 0.104. The van der Waals surface area contributed by atoms with Gasteiger partial charge in [-0.15, -0.1) is 0 Å². The fourth-order valence-corrected chi connectivity index (χ4v) is 4.00. The Balaban J connectivity index is 1.50. The predicted octanol–water partition coefficient (Wildman–Crippen LogP) is 5.59. The molecule has 4 rings (SSSR count). The van der Waals surface area contributed by atoms with Crippen LogP contribution < -0.4 is 15.4 Å². The van der Waals surface area contributed by atoms with Gasteiger partial charge in [0.25, 0.3) is 0 Å². The maximum absolute atomic E-state index is 13.1. The largest absolute Gasteiger partial charge is 0.497 e. The molecule has 0 unspecified atom stereocenters. The van der Waals surface area contributed by atoms with Crippen molar-refractivity contribution in [1.29, 1.82) is 0 Å². The van der Waals surface area contributed by atoms with Gasteiger partial charge in [-0.1, -0.05) is 48.5 Å². The van der Waals surface area contributed by atoms with Crippen LogP contribution in [0.1, 0.15) is 40.9 Å². The number of ketones is 1. The van der Waals surface area contributed by atoms with E-state index in [4.69, 9.17) is 9.47 Å². The maximum atomic E-state index is 13.1. The van der Waals surface area contributed by atoms with Crippen molar-refractivity contribution in [2.45, 2.75) is 32.4 Å². The third-order valence-electron chi connectivity index (χ3n) is 5.59. The van der Waals surface area contributed by atoms with Gasteiger partial charge >= 0.3 is 6.09 Å². The van der Waals surface area contributed by atoms with E-state index in [-0.39, 0.29) is 17.9 Å². The smallest absolute Gasteiger partial charge is 0.411 e. The molecule has 2 N–H and O–H groups in total. The van der Waals surface area contributed by atoms with Crippen LogP contribution in [0.15, 0.2) is 78.9 Å². The zero-order valence-electron chi connectivity index (χ0n) is 19.6. The van der Waals surface area contributed by atoms with Crippen LogP contribution in [0.3, 0.4) is 0 Å². The molecule has 174 valence electrons. The molecule has 6 nitrogen and oxygen atoms in total. The van der Waals surface area contributed by atoms with Crippen molar-refractivity contribution in [3.8, 4) is 5.75 Å². The van der Waals surface area contributed by atoms with Crippen molar-refractivity contribution in [2.75, 3.05) is 12.4 Å². The molecule has 34 heavy (non-hydrogen) atoms. The summed E-state index contributed by atoms with van der Waals surface area (Å²) in [5, 5.41) is 6.16. The molecule has 0 radical (unpaired) electrons. The molecule has 3 aromatic carbocycles. The third-order valence-corrected chi connectivity index (χ3v) is 5.59. The van der Waals surface area contributed by atoms with Gasteiger partial charge in [-0.05, 0) is 55.7 Å². The Bertz CT molecular complexity index is 1230. The first-order valence-corrected chi connectivity index (χ1v) is 11.1. The number of benzene rings is 3. The molecule has 6 heteroatoms. The summed E-state index contributed by atoms with van der Waals surface area (Å²) in [7, 11) is 1.62. The minimum atomic E-state index is -0.580. The quantitative estimate of drug-likeness (QED) is 0.373. The minimum absolute atomic E-state index is 0.168. The molecular weight excluding hydrogens is 428 g/mol. The summed E-state index contributed by atoms with van der Waals surface area (Å²) in [5.74, 6) is 0.564. The first kappa shape index (κ1) is 23.1. The normalized spacial score (nSPS) is 15.1. The zero-order chi connectivity index (χ0) is 24.1. The van der Waals surface area contributed by atoms with Crippen LogP contribution in [0.4, 0.5) is 10.5 Å². The highest BCUT2D eigenvalue weighted by Gasteiger charge is 2.28. The lowest BCUT2D eigenvalue weighted by atomic mass is 9.85. The van der Waals surface area contributed by atoms with Crippen molar-refractivity contribution in [3.63, 3.8) is 0 Å². The molecule has 0 atom stereocenters. The standard InChI is InChI=1S/C28H28N2O4/c1-28(2)17-21-12-13-23(33-3)15-24(21)25(30-28)16-26(31)20-10-7-11-22(14-20)29-27(32)34-18-19-8-5-4-6-9-19/h4-16,30H,17-18H2,1-3H3,(H,29,32)/b25-16-. The Kier molecular flexibility index (Phi) is 6.68. The number of carbonyl (C=O) groups is 2. The average molecular weight is 457 g/mol. The fraction of sp³-hybridized carbons (Fsp3) is 0.214. The summed E-state index contributed by atoms with van der Waals surface area (Å²) in [4.78, 5) is 25.3. The number of allylic oxidation sites excluding steroid dienone is 1. The van der Waals surface area contributed by atoms with E-state index in [9.17, 15) is 9.59 Å². The SMILES string of the molecule is COc1ccc2c(c1)/C(=C/C(=O)c1cccc(NC(=O)OCc3ccccc3)c1)NC(C)(C)C2. The van der Waals surface area contributed by atoms with Crippen molar-refractivity contribution in [1.82, 2.24) is 5.32 Å². The molecule has 1 amide bonds. The lowest BCUT2D eigenvalue weighted by Crippen LogP contribution is -2.43. The fourth-order valence-electron chi connectivity index (χ4n) is 4.00. The van der Waals surface area contributed by atoms with Gasteiger partial charge in [0.1, 0.15) is 12.4 Å². The second-order valence-corrected chi connectivity index (χ2v) is 8.90. The number of anilines is 1. The molecular formula is C28H28N2O4. The van der Waals surface area contributed by atoms with E-state index >= 15 is 0 Å². The van der Waals surface area contributed by atoms with Crippen molar-refractivity contribution in [2.24, 2.45) is 0 Å². The number of methoxy groups -OCH3 is 1. The summed E-state index contributed by atoms with van der Waals surface area (Å²) >= 11 is 0. The first-order valence-electron chi connectivity index (χ1n) is 11.1. The Morgan fingerprint density at radius 2 is 1.82 bits per heavy atom. The molecule has 0 bridgehead atoms. The number of nitrogens with one attached hydrogen (secondary N) is 2. The summed E-state index contributed by atoms with van der Waals surface area (Å²) in [6, 6.07) is 22.2. The second kappa shape index (κ2) is 9.83. The molecule has 0 aromatic heterocycles. The number of hydrogen-bond donors (Lipinski definition) is 2. The van der Waals surface area contributed by atoms with Gasteiger partial charge in [0, 0.05) is 34.1 Å². The zero-order valence-corrected chi connectivity index (χ0v) is 19.6. The number of carbonyl (C=O) groups excluding carboxylic acids is 2. The Morgan fingerprint density at radius 1 is 1.03 bits per heavy atom. The number of hydrogen-bond acceptors (Lipinski definition) is 5. The van der Waals surface area contributed by atoms with Crippen molar-refractivity contribution >= 4 is 23.3 Å². The van der Waals surface area contributed by atoms with E-state index in [0.29, 0.717) is 11.3 Å². The number of fused-ring (bicyclic) bond motifs is 1. The minimum Gasteiger partial charge on any atom is -0.497 e. The molecule has 0 saturated heterocycles. The van der Waals surface area contributed by atoms with Crippen LogP contribution in [0, 0.1) is 0 Å². The van der Waals surface area contributed by atoms with Gasteiger partial charge in [0.05, 0.1) is 7.11 Å². The monoisotopic (exact) mass is 456 g/mol. The molecule has 1 aliphatic heterocycles. The molecule has 1 heterocycles. The number of ether oxygens (including phenoxy) is 2. The van der Waals surface area contributed by atoms with Crippen LogP contribution >= 0.6 is 0 Å². The highest BCUT2D eigenvalue weighted by Crippen LogP contribution is 2.32. The molecule has 0 saturated carbocycles. The highest BCUT2D eigenvalue weighted by molar-refractivity contribution is 6.09. The van der Waals surface area contributed by atoms with Gasteiger partial charge in [0.2, 0.25) is 0 Å². The Labute approximate surface area is 199 Å². The molecule has 0 aliphatic carbocycles. The number of rotatable bonds is 6. The first-order chi connectivity index (χ1) is 16.3. The van der Waals surface area contributed by atoms with Crippen LogP contribution in [0.5, 0.6) is 5.75 Å². The van der Waals surface area contributed by atoms with Crippen LogP contribution in [-0.4, -0.2) is 24.5 Å². The maximum Gasteiger partial charge on any atom is 0.411 e.